The fraction of sp³-hybridized carbons (Fsp3) is 0.950. The molecular weight excluding hydrogens is 383 g/mol. The zero-order valence-electron chi connectivity index (χ0n) is 18.5. The molecule has 0 atom stereocenters. The van der Waals surface area contributed by atoms with Gasteiger partial charge in [0.1, 0.15) is 0 Å². The molecule has 2 nitrogen and oxygen atoms in total. The second kappa shape index (κ2) is 12.3. The van der Waals surface area contributed by atoms with Gasteiger partial charge in [-0.2, -0.15) is 13.2 Å². The van der Waals surface area contributed by atoms with Crippen molar-refractivity contribution in [2.75, 3.05) is 0 Å². The molecule has 0 unspecified atom stereocenters. The van der Waals surface area contributed by atoms with E-state index in [4.69, 9.17) is 0 Å². The third-order valence-corrected chi connectivity index (χ3v) is 19.4. The zero-order chi connectivity index (χ0) is 21.1. The molecule has 0 spiro atoms. The molecule has 162 valence electrons. The van der Waals surface area contributed by atoms with E-state index in [2.05, 4.69) is 41.5 Å². The van der Waals surface area contributed by atoms with Crippen molar-refractivity contribution >= 4 is 22.4 Å². The quantitative estimate of drug-likeness (QED) is 0.261. The van der Waals surface area contributed by atoms with E-state index in [-0.39, 0.29) is 0 Å². The monoisotopic (exact) mass is 425 g/mol. The molecule has 0 saturated carbocycles. The maximum absolute atomic E-state index is 13.9. The minimum atomic E-state index is -4.76. The van der Waals surface area contributed by atoms with Gasteiger partial charge in [-0.3, -0.25) is 4.79 Å². The molecule has 1 amide bonds. The Bertz CT molecular complexity index is 370. The molecular formula is C20H42F3NOSi2. The molecule has 0 aliphatic rings. The Morgan fingerprint density at radius 2 is 0.852 bits per heavy atom. The number of hydrogen-bond acceptors (Lipinski definition) is 1. The maximum Gasteiger partial charge on any atom is 0.469 e. The fourth-order valence-electron chi connectivity index (χ4n) is 5.27. The van der Waals surface area contributed by atoms with Crippen LogP contribution in [0.25, 0.3) is 0 Å². The first-order chi connectivity index (χ1) is 12.6. The predicted octanol–water partition coefficient (Wildman–Crippen LogP) is 7.73. The van der Waals surface area contributed by atoms with Crippen molar-refractivity contribution in [3.05, 3.63) is 0 Å². The number of halogens is 3. The highest BCUT2D eigenvalue weighted by molar-refractivity contribution is 6.95. The lowest BCUT2D eigenvalue weighted by Gasteiger charge is -2.54. The Hall–Kier alpha value is -0.306. The van der Waals surface area contributed by atoms with Gasteiger partial charge in [0, 0.05) is 0 Å². The first-order valence-corrected chi connectivity index (χ1v) is 16.2. The Morgan fingerprint density at radius 3 is 1.00 bits per heavy atom. The van der Waals surface area contributed by atoms with Crippen molar-refractivity contribution in [1.29, 1.82) is 0 Å². The van der Waals surface area contributed by atoms with Gasteiger partial charge in [-0.25, -0.2) is 0 Å². The van der Waals surface area contributed by atoms with Gasteiger partial charge < -0.3 is 4.23 Å². The van der Waals surface area contributed by atoms with Crippen LogP contribution in [0, 0.1) is 0 Å². The van der Waals surface area contributed by atoms with Crippen molar-refractivity contribution in [3.8, 4) is 0 Å². The van der Waals surface area contributed by atoms with Gasteiger partial charge >= 0.3 is 12.1 Å². The van der Waals surface area contributed by atoms with Crippen molar-refractivity contribution < 1.29 is 18.0 Å². The summed E-state index contributed by atoms with van der Waals surface area (Å²) in [5, 5.41) is 0. The highest BCUT2D eigenvalue weighted by Gasteiger charge is 2.57. The standard InChI is InChI=1S/C20H42F3NOSi2/c1-7-13-26(14-8-2,15-9-3)24(19(25)20(21,22)23)27(16-10-4,17-11-5)18-12-6/h7-18H2,1-6H3. The van der Waals surface area contributed by atoms with Gasteiger partial charge in [0.25, 0.3) is 0 Å². The maximum atomic E-state index is 13.9. The summed E-state index contributed by atoms with van der Waals surface area (Å²) in [6, 6.07) is 4.85. The molecule has 0 aliphatic carbocycles. The van der Waals surface area contributed by atoms with Gasteiger partial charge in [-0.05, 0) is 36.3 Å². The van der Waals surface area contributed by atoms with Crippen LogP contribution in [0.15, 0.2) is 0 Å². The summed E-state index contributed by atoms with van der Waals surface area (Å²) in [4.78, 5) is 13.0. The summed E-state index contributed by atoms with van der Waals surface area (Å²) in [6.45, 7) is 12.4. The molecule has 0 aliphatic heterocycles. The lowest BCUT2D eigenvalue weighted by molar-refractivity contribution is -0.177. The van der Waals surface area contributed by atoms with Crippen molar-refractivity contribution in [2.45, 2.75) is 123 Å². The van der Waals surface area contributed by atoms with Crippen LogP contribution in [-0.4, -0.2) is 32.8 Å². The minimum absolute atomic E-state index is 0.808. The Morgan fingerprint density at radius 1 is 0.630 bits per heavy atom. The Kier molecular flexibility index (Phi) is 12.2. The predicted molar refractivity (Wildman–Crippen MR) is 115 cm³/mol. The van der Waals surface area contributed by atoms with Crippen molar-refractivity contribution in [2.24, 2.45) is 0 Å². The number of amides is 1. The second-order valence-electron chi connectivity index (χ2n) is 8.09. The van der Waals surface area contributed by atoms with Crippen LogP contribution in [0.5, 0.6) is 0 Å². The van der Waals surface area contributed by atoms with Crippen LogP contribution in [0.1, 0.15) is 80.1 Å². The first-order valence-electron chi connectivity index (χ1n) is 11.1. The van der Waals surface area contributed by atoms with E-state index in [1.165, 1.54) is 0 Å². The normalized spacial score (nSPS) is 13.1. The highest BCUT2D eigenvalue weighted by Crippen LogP contribution is 2.42. The highest BCUT2D eigenvalue weighted by atomic mass is 28.4. The van der Waals surface area contributed by atoms with Gasteiger partial charge in [0.2, 0.25) is 0 Å². The van der Waals surface area contributed by atoms with Crippen LogP contribution in [0.4, 0.5) is 13.2 Å². The minimum Gasteiger partial charge on any atom is -0.387 e. The molecule has 0 bridgehead atoms. The zero-order valence-corrected chi connectivity index (χ0v) is 20.5. The van der Waals surface area contributed by atoms with E-state index < -0.39 is 28.6 Å². The average Bonchev–Trinajstić information content (AvgIpc) is 2.55. The van der Waals surface area contributed by atoms with Crippen LogP contribution in [0.2, 0.25) is 36.3 Å². The van der Waals surface area contributed by atoms with Gasteiger partial charge in [0.15, 0.2) is 16.5 Å². The Balaban J connectivity index is 6.72. The number of alkyl halides is 3. The Labute approximate surface area is 167 Å². The van der Waals surface area contributed by atoms with Crippen molar-refractivity contribution in [3.63, 3.8) is 0 Å². The topological polar surface area (TPSA) is 20.3 Å². The van der Waals surface area contributed by atoms with Crippen LogP contribution in [0.3, 0.4) is 0 Å². The van der Waals surface area contributed by atoms with E-state index in [1.54, 1.807) is 4.23 Å². The molecule has 0 aromatic heterocycles. The van der Waals surface area contributed by atoms with E-state index in [1.807, 2.05) is 0 Å². The summed E-state index contributed by atoms with van der Waals surface area (Å²) >= 11 is 0. The van der Waals surface area contributed by atoms with E-state index in [0.717, 1.165) is 74.8 Å². The lowest BCUT2D eigenvalue weighted by Crippen LogP contribution is -2.71. The summed E-state index contributed by atoms with van der Waals surface area (Å²) in [5.41, 5.74) is 0. The smallest absolute Gasteiger partial charge is 0.387 e. The SMILES string of the molecule is CCC[Si](CCC)(CCC)N(C(=O)C(F)(F)F)[Si](CCC)(CCC)CCC. The number of carbonyl (C=O) groups is 1. The molecule has 0 aromatic rings. The number of rotatable bonds is 14. The van der Waals surface area contributed by atoms with Crippen LogP contribution < -0.4 is 0 Å². The lowest BCUT2D eigenvalue weighted by atomic mass is 10.5. The molecule has 0 rings (SSSR count). The third-order valence-electron chi connectivity index (χ3n) is 5.69. The summed E-state index contributed by atoms with van der Waals surface area (Å²) in [6.07, 6.45) is 0.420. The van der Waals surface area contributed by atoms with Gasteiger partial charge in [-0.1, -0.05) is 80.1 Å². The van der Waals surface area contributed by atoms with E-state index in [0.29, 0.717) is 0 Å². The summed E-state index contributed by atoms with van der Waals surface area (Å²) in [5.74, 6) is -1.49. The molecule has 27 heavy (non-hydrogen) atoms. The molecule has 0 N–H and O–H groups in total. The number of nitrogens with zero attached hydrogens (tertiary/aromatic N) is 1. The molecule has 0 aromatic carbocycles. The largest absolute Gasteiger partial charge is 0.469 e. The average molecular weight is 426 g/mol. The van der Waals surface area contributed by atoms with Crippen LogP contribution >= 0.6 is 0 Å². The van der Waals surface area contributed by atoms with Crippen LogP contribution in [-0.2, 0) is 4.79 Å². The molecule has 0 heterocycles. The molecule has 0 saturated heterocycles. The summed E-state index contributed by atoms with van der Waals surface area (Å²) in [7, 11) is -5.04. The third kappa shape index (κ3) is 6.91. The second-order valence-corrected chi connectivity index (χ2v) is 17.3. The first kappa shape index (κ1) is 26.7. The van der Waals surface area contributed by atoms with Gasteiger partial charge in [0.05, 0.1) is 0 Å². The summed E-state index contributed by atoms with van der Waals surface area (Å²) < 4.78 is 43.2. The number of hydrogen-bond donors (Lipinski definition) is 0. The van der Waals surface area contributed by atoms with Gasteiger partial charge in [-0.15, -0.1) is 0 Å². The van der Waals surface area contributed by atoms with E-state index in [9.17, 15) is 18.0 Å². The van der Waals surface area contributed by atoms with Crippen molar-refractivity contribution in [1.82, 2.24) is 4.23 Å². The molecule has 0 radical (unpaired) electrons. The van der Waals surface area contributed by atoms with E-state index >= 15 is 0 Å². The molecule has 0 fully saturated rings. The molecule has 7 heteroatoms. The number of carbonyl (C=O) groups excluding carboxylic acids is 1. The fourth-order valence-corrected chi connectivity index (χ4v) is 20.9.